The molecule has 0 aliphatic carbocycles. The summed E-state index contributed by atoms with van der Waals surface area (Å²) in [5.74, 6) is -2.13. The van der Waals surface area contributed by atoms with E-state index in [-0.39, 0.29) is 28.9 Å². The third-order valence-electron chi connectivity index (χ3n) is 4.16. The Balaban J connectivity index is 1.48. The SMILES string of the molecule is O=C1c2ccccc2C(=O)N1CCS(=O)(=O)Nc1ccc2[nH]c(=O)oc2c1. The monoisotopic (exact) mass is 387 g/mol. The van der Waals surface area contributed by atoms with E-state index < -0.39 is 33.3 Å². The van der Waals surface area contributed by atoms with Crippen LogP contribution >= 0.6 is 0 Å². The Kier molecular flexibility index (Phi) is 3.84. The van der Waals surface area contributed by atoms with Gasteiger partial charge in [-0.2, -0.15) is 0 Å². The van der Waals surface area contributed by atoms with Crippen LogP contribution in [0.15, 0.2) is 51.7 Å². The number of hydrogen-bond acceptors (Lipinski definition) is 6. The highest BCUT2D eigenvalue weighted by Gasteiger charge is 2.35. The molecule has 138 valence electrons. The molecule has 4 rings (SSSR count). The molecule has 2 amide bonds. The number of oxazole rings is 1. The molecule has 0 saturated heterocycles. The number of aromatic nitrogens is 1. The molecule has 27 heavy (non-hydrogen) atoms. The molecular weight excluding hydrogens is 374 g/mol. The smallest absolute Gasteiger partial charge is 0.408 e. The van der Waals surface area contributed by atoms with Crippen molar-refractivity contribution in [3.63, 3.8) is 0 Å². The summed E-state index contributed by atoms with van der Waals surface area (Å²) in [7, 11) is -3.84. The predicted octanol–water partition coefficient (Wildman–Crippen LogP) is 1.16. The van der Waals surface area contributed by atoms with Gasteiger partial charge in [0.2, 0.25) is 10.0 Å². The third-order valence-corrected chi connectivity index (χ3v) is 5.42. The van der Waals surface area contributed by atoms with Crippen molar-refractivity contribution in [3.05, 3.63) is 64.1 Å². The van der Waals surface area contributed by atoms with E-state index in [1.54, 1.807) is 12.1 Å². The van der Waals surface area contributed by atoms with Crippen molar-refractivity contribution in [2.24, 2.45) is 0 Å². The van der Waals surface area contributed by atoms with Crippen LogP contribution in [0.25, 0.3) is 11.1 Å². The van der Waals surface area contributed by atoms with E-state index in [4.69, 9.17) is 4.42 Å². The summed E-state index contributed by atoms with van der Waals surface area (Å²) in [5.41, 5.74) is 1.38. The molecule has 0 spiro atoms. The lowest BCUT2D eigenvalue weighted by Crippen LogP contribution is -2.35. The topological polar surface area (TPSA) is 130 Å². The van der Waals surface area contributed by atoms with Crippen LogP contribution in [0.3, 0.4) is 0 Å². The zero-order valence-electron chi connectivity index (χ0n) is 13.8. The Morgan fingerprint density at radius 2 is 1.67 bits per heavy atom. The molecule has 1 aliphatic rings. The number of amides is 2. The summed E-state index contributed by atoms with van der Waals surface area (Å²) < 4.78 is 31.9. The number of aromatic amines is 1. The van der Waals surface area contributed by atoms with E-state index in [1.807, 2.05) is 0 Å². The van der Waals surface area contributed by atoms with Gasteiger partial charge in [0.15, 0.2) is 5.58 Å². The Morgan fingerprint density at radius 3 is 2.33 bits per heavy atom. The maximum atomic E-state index is 12.3. The van der Waals surface area contributed by atoms with E-state index in [1.165, 1.54) is 30.3 Å². The number of H-pyrrole nitrogens is 1. The second-order valence-corrected chi connectivity index (χ2v) is 7.80. The molecule has 2 N–H and O–H groups in total. The second kappa shape index (κ2) is 6.09. The molecule has 0 bridgehead atoms. The number of sulfonamides is 1. The molecule has 0 atom stereocenters. The molecule has 0 radical (unpaired) electrons. The van der Waals surface area contributed by atoms with E-state index in [0.717, 1.165) is 4.90 Å². The first kappa shape index (κ1) is 17.0. The van der Waals surface area contributed by atoms with Crippen molar-refractivity contribution in [2.45, 2.75) is 0 Å². The third kappa shape index (κ3) is 3.10. The molecular formula is C17H13N3O6S. The van der Waals surface area contributed by atoms with Crippen LogP contribution < -0.4 is 10.5 Å². The Bertz CT molecular complexity index is 1210. The summed E-state index contributed by atoms with van der Waals surface area (Å²) >= 11 is 0. The maximum Gasteiger partial charge on any atom is 0.417 e. The molecule has 3 aromatic rings. The van der Waals surface area contributed by atoms with Gasteiger partial charge in [0.1, 0.15) is 0 Å². The van der Waals surface area contributed by atoms with Gasteiger partial charge in [0, 0.05) is 12.6 Å². The quantitative estimate of drug-likeness (QED) is 0.632. The van der Waals surface area contributed by atoms with Crippen molar-refractivity contribution < 1.29 is 22.4 Å². The second-order valence-electron chi connectivity index (χ2n) is 5.95. The number of imide groups is 1. The predicted molar refractivity (Wildman–Crippen MR) is 96.1 cm³/mol. The highest BCUT2D eigenvalue weighted by atomic mass is 32.2. The van der Waals surface area contributed by atoms with Crippen LogP contribution in [0.4, 0.5) is 5.69 Å². The number of anilines is 1. The lowest BCUT2D eigenvalue weighted by Gasteiger charge is -2.14. The standard InChI is InChI=1S/C17H13N3O6S/c21-15-11-3-1-2-4-12(11)16(22)20(15)7-8-27(24,25)19-10-5-6-13-14(9-10)26-17(23)18-13/h1-6,9,19H,7-8H2,(H,18,23). The average Bonchev–Trinajstić information content (AvgIpc) is 3.10. The van der Waals surface area contributed by atoms with Crippen LogP contribution in [0.5, 0.6) is 0 Å². The number of carbonyl (C=O) groups is 2. The largest absolute Gasteiger partial charge is 0.417 e. The molecule has 10 heteroatoms. The van der Waals surface area contributed by atoms with Gasteiger partial charge in [0.25, 0.3) is 11.8 Å². The molecule has 2 heterocycles. The fourth-order valence-corrected chi connectivity index (χ4v) is 3.90. The first-order valence-corrected chi connectivity index (χ1v) is 9.58. The van der Waals surface area contributed by atoms with Gasteiger partial charge in [-0.15, -0.1) is 0 Å². The Labute approximate surface area is 152 Å². The van der Waals surface area contributed by atoms with Gasteiger partial charge in [-0.3, -0.25) is 24.2 Å². The number of fused-ring (bicyclic) bond motifs is 2. The zero-order valence-corrected chi connectivity index (χ0v) is 14.6. The summed E-state index contributed by atoms with van der Waals surface area (Å²) in [6.45, 7) is -0.275. The van der Waals surface area contributed by atoms with Crippen molar-refractivity contribution in [1.29, 1.82) is 0 Å². The molecule has 0 saturated carbocycles. The fourth-order valence-electron chi connectivity index (χ4n) is 2.89. The fraction of sp³-hybridized carbons (Fsp3) is 0.118. The maximum absolute atomic E-state index is 12.3. The van der Waals surface area contributed by atoms with Crippen LogP contribution in [0.2, 0.25) is 0 Å². The molecule has 9 nitrogen and oxygen atoms in total. The van der Waals surface area contributed by atoms with Crippen molar-refractivity contribution in [2.75, 3.05) is 17.0 Å². The summed E-state index contributed by atoms with van der Waals surface area (Å²) in [5, 5.41) is 0. The van der Waals surface area contributed by atoms with Crippen molar-refractivity contribution in [3.8, 4) is 0 Å². The van der Waals surface area contributed by atoms with Crippen LogP contribution in [-0.2, 0) is 10.0 Å². The van der Waals surface area contributed by atoms with Gasteiger partial charge in [-0.25, -0.2) is 13.2 Å². The number of carbonyl (C=O) groups excluding carboxylic acids is 2. The lowest BCUT2D eigenvalue weighted by molar-refractivity contribution is 0.0664. The summed E-state index contributed by atoms with van der Waals surface area (Å²) in [6, 6.07) is 10.7. The van der Waals surface area contributed by atoms with Gasteiger partial charge in [-0.1, -0.05) is 12.1 Å². The van der Waals surface area contributed by atoms with Gasteiger partial charge < -0.3 is 4.42 Å². The van der Waals surface area contributed by atoms with E-state index >= 15 is 0 Å². The number of nitrogens with one attached hydrogen (secondary N) is 2. The molecule has 0 unspecified atom stereocenters. The minimum Gasteiger partial charge on any atom is -0.408 e. The summed E-state index contributed by atoms with van der Waals surface area (Å²) in [4.78, 5) is 39.1. The van der Waals surface area contributed by atoms with Crippen molar-refractivity contribution >= 4 is 38.6 Å². The highest BCUT2D eigenvalue weighted by molar-refractivity contribution is 7.92. The molecule has 1 aliphatic heterocycles. The average molecular weight is 387 g/mol. The van der Waals surface area contributed by atoms with Crippen molar-refractivity contribution in [1.82, 2.24) is 9.88 Å². The zero-order chi connectivity index (χ0) is 19.2. The Hall–Kier alpha value is -3.40. The van der Waals surface area contributed by atoms with E-state index in [2.05, 4.69) is 9.71 Å². The van der Waals surface area contributed by atoms with Crippen LogP contribution in [0, 0.1) is 0 Å². The normalized spacial score (nSPS) is 14.0. The van der Waals surface area contributed by atoms with Crippen LogP contribution in [0.1, 0.15) is 20.7 Å². The minimum absolute atomic E-state index is 0.201. The van der Waals surface area contributed by atoms with Crippen LogP contribution in [-0.4, -0.2) is 42.4 Å². The highest BCUT2D eigenvalue weighted by Crippen LogP contribution is 2.22. The number of hydrogen-bond donors (Lipinski definition) is 2. The first-order chi connectivity index (χ1) is 12.8. The summed E-state index contributed by atoms with van der Waals surface area (Å²) in [6.07, 6.45) is 0. The number of nitrogens with zero attached hydrogens (tertiary/aromatic N) is 1. The molecule has 0 fully saturated rings. The van der Waals surface area contributed by atoms with Gasteiger partial charge in [0.05, 0.1) is 28.1 Å². The lowest BCUT2D eigenvalue weighted by atomic mass is 10.1. The van der Waals surface area contributed by atoms with E-state index in [0.29, 0.717) is 5.52 Å². The minimum atomic E-state index is -3.84. The first-order valence-electron chi connectivity index (χ1n) is 7.93. The number of benzene rings is 2. The molecule has 1 aromatic heterocycles. The van der Waals surface area contributed by atoms with Gasteiger partial charge in [-0.05, 0) is 24.3 Å². The van der Waals surface area contributed by atoms with Gasteiger partial charge >= 0.3 is 5.76 Å². The Morgan fingerprint density at radius 1 is 1.00 bits per heavy atom. The van der Waals surface area contributed by atoms with E-state index in [9.17, 15) is 22.8 Å². The number of rotatable bonds is 5. The molecule has 2 aromatic carbocycles.